The molecule has 0 aliphatic heterocycles. The molecular formula is C17H24N4. The Morgan fingerprint density at radius 1 is 0.952 bits per heavy atom. The monoisotopic (exact) mass is 284 g/mol. The third kappa shape index (κ3) is 4.18. The fraction of sp³-hybridized carbons (Fsp3) is 0.412. The van der Waals surface area contributed by atoms with Crippen molar-refractivity contribution in [2.75, 3.05) is 17.2 Å². The average molecular weight is 284 g/mol. The van der Waals surface area contributed by atoms with Crippen molar-refractivity contribution in [2.45, 2.75) is 40.0 Å². The van der Waals surface area contributed by atoms with Gasteiger partial charge in [-0.15, -0.1) is 0 Å². The number of benzene rings is 1. The summed E-state index contributed by atoms with van der Waals surface area (Å²) in [5, 5.41) is 6.76. The van der Waals surface area contributed by atoms with Crippen molar-refractivity contribution in [1.29, 1.82) is 0 Å². The van der Waals surface area contributed by atoms with Gasteiger partial charge in [-0.2, -0.15) is 0 Å². The van der Waals surface area contributed by atoms with E-state index in [-0.39, 0.29) is 0 Å². The fourth-order valence-corrected chi connectivity index (χ4v) is 2.15. The second-order valence-electron chi connectivity index (χ2n) is 4.97. The lowest BCUT2D eigenvalue weighted by molar-refractivity contribution is 0.919. The van der Waals surface area contributed by atoms with Gasteiger partial charge in [-0.1, -0.05) is 39.0 Å². The van der Waals surface area contributed by atoms with Crippen LogP contribution in [0.2, 0.25) is 0 Å². The lowest BCUT2D eigenvalue weighted by atomic mass is 10.1. The third-order valence-corrected chi connectivity index (χ3v) is 3.31. The zero-order valence-electron chi connectivity index (χ0n) is 13.1. The summed E-state index contributed by atoms with van der Waals surface area (Å²) in [4.78, 5) is 9.08. The zero-order chi connectivity index (χ0) is 15.1. The molecule has 2 rings (SSSR count). The first-order valence-corrected chi connectivity index (χ1v) is 7.73. The number of nitrogens with one attached hydrogen (secondary N) is 2. The number of rotatable bonds is 7. The molecule has 0 saturated heterocycles. The first kappa shape index (κ1) is 15.3. The molecule has 0 saturated carbocycles. The van der Waals surface area contributed by atoms with Crippen molar-refractivity contribution >= 4 is 17.3 Å². The van der Waals surface area contributed by atoms with Gasteiger partial charge in [-0.25, -0.2) is 9.97 Å². The topological polar surface area (TPSA) is 49.8 Å². The number of hydrogen-bond donors (Lipinski definition) is 2. The summed E-state index contributed by atoms with van der Waals surface area (Å²) < 4.78 is 0. The van der Waals surface area contributed by atoms with E-state index in [4.69, 9.17) is 0 Å². The summed E-state index contributed by atoms with van der Waals surface area (Å²) in [5.74, 6) is 2.59. The van der Waals surface area contributed by atoms with Crippen molar-refractivity contribution in [3.63, 3.8) is 0 Å². The highest BCUT2D eigenvalue weighted by atomic mass is 15.1. The van der Waals surface area contributed by atoms with Crippen molar-refractivity contribution in [3.8, 4) is 0 Å². The van der Waals surface area contributed by atoms with Gasteiger partial charge in [0, 0.05) is 24.7 Å². The minimum absolute atomic E-state index is 0.825. The quantitative estimate of drug-likeness (QED) is 0.801. The van der Waals surface area contributed by atoms with E-state index in [0.29, 0.717) is 0 Å². The van der Waals surface area contributed by atoms with Crippen LogP contribution >= 0.6 is 0 Å². The second-order valence-corrected chi connectivity index (χ2v) is 4.97. The highest BCUT2D eigenvalue weighted by Crippen LogP contribution is 2.21. The van der Waals surface area contributed by atoms with Crippen LogP contribution in [0.15, 0.2) is 30.3 Å². The van der Waals surface area contributed by atoms with Crippen LogP contribution in [0, 0.1) is 0 Å². The van der Waals surface area contributed by atoms with Crippen molar-refractivity contribution in [3.05, 3.63) is 41.7 Å². The van der Waals surface area contributed by atoms with Crippen LogP contribution in [0.3, 0.4) is 0 Å². The van der Waals surface area contributed by atoms with Crippen LogP contribution in [0.4, 0.5) is 17.3 Å². The number of para-hydroxylation sites is 1. The molecule has 0 atom stereocenters. The Labute approximate surface area is 127 Å². The van der Waals surface area contributed by atoms with Crippen LogP contribution in [-0.4, -0.2) is 16.5 Å². The molecule has 4 heteroatoms. The highest BCUT2D eigenvalue weighted by Gasteiger charge is 2.05. The van der Waals surface area contributed by atoms with Gasteiger partial charge in [-0.3, -0.25) is 0 Å². The zero-order valence-corrected chi connectivity index (χ0v) is 13.1. The molecular weight excluding hydrogens is 260 g/mol. The van der Waals surface area contributed by atoms with E-state index in [1.165, 1.54) is 5.56 Å². The maximum Gasteiger partial charge on any atom is 0.136 e. The van der Waals surface area contributed by atoms with Crippen LogP contribution in [0.1, 0.15) is 38.6 Å². The van der Waals surface area contributed by atoms with Crippen LogP contribution in [0.5, 0.6) is 0 Å². The standard InChI is InChI=1S/C17H24N4/c1-4-11-18-16-12-17(21-15(6-3)20-16)19-14-10-8-7-9-13(14)5-2/h7-10,12H,4-6,11H2,1-3H3,(H2,18,19,20,21). The molecule has 112 valence electrons. The first-order chi connectivity index (χ1) is 10.3. The van der Waals surface area contributed by atoms with E-state index < -0.39 is 0 Å². The number of nitrogens with zero attached hydrogens (tertiary/aromatic N) is 2. The van der Waals surface area contributed by atoms with Gasteiger partial charge in [-0.05, 0) is 24.5 Å². The van der Waals surface area contributed by atoms with Gasteiger partial charge in [0.1, 0.15) is 17.5 Å². The van der Waals surface area contributed by atoms with E-state index in [1.807, 2.05) is 12.1 Å². The molecule has 0 fully saturated rings. The smallest absolute Gasteiger partial charge is 0.136 e. The van der Waals surface area contributed by atoms with Gasteiger partial charge < -0.3 is 10.6 Å². The van der Waals surface area contributed by atoms with Crippen LogP contribution in [0.25, 0.3) is 0 Å². The van der Waals surface area contributed by atoms with E-state index in [0.717, 1.165) is 49.0 Å². The predicted molar refractivity (Wildman–Crippen MR) is 89.3 cm³/mol. The van der Waals surface area contributed by atoms with Crippen molar-refractivity contribution < 1.29 is 0 Å². The molecule has 1 heterocycles. The molecule has 1 aromatic carbocycles. The summed E-state index contributed by atoms with van der Waals surface area (Å²) >= 11 is 0. The number of aryl methyl sites for hydroxylation is 2. The van der Waals surface area contributed by atoms with Gasteiger partial charge in [0.25, 0.3) is 0 Å². The highest BCUT2D eigenvalue weighted by molar-refractivity contribution is 5.62. The lowest BCUT2D eigenvalue weighted by Gasteiger charge is -2.13. The second kappa shape index (κ2) is 7.62. The molecule has 0 bridgehead atoms. The minimum atomic E-state index is 0.825. The Bertz CT molecular complexity index is 581. The molecule has 2 N–H and O–H groups in total. The van der Waals surface area contributed by atoms with Gasteiger partial charge in [0.05, 0.1) is 0 Å². The minimum Gasteiger partial charge on any atom is -0.370 e. The molecule has 4 nitrogen and oxygen atoms in total. The number of hydrogen-bond acceptors (Lipinski definition) is 4. The van der Waals surface area contributed by atoms with Gasteiger partial charge in [0.2, 0.25) is 0 Å². The molecule has 0 spiro atoms. The summed E-state index contributed by atoms with van der Waals surface area (Å²) in [6.07, 6.45) is 2.90. The van der Waals surface area contributed by atoms with Crippen molar-refractivity contribution in [1.82, 2.24) is 9.97 Å². The molecule has 0 unspecified atom stereocenters. The SMILES string of the molecule is CCCNc1cc(Nc2ccccc2CC)nc(CC)n1. The molecule has 0 aliphatic rings. The fourth-order valence-electron chi connectivity index (χ4n) is 2.15. The van der Waals surface area contributed by atoms with Gasteiger partial charge in [0.15, 0.2) is 0 Å². The molecule has 1 aromatic heterocycles. The van der Waals surface area contributed by atoms with E-state index in [2.05, 4.69) is 59.6 Å². The maximum absolute atomic E-state index is 4.57. The lowest BCUT2D eigenvalue weighted by Crippen LogP contribution is -2.07. The molecule has 2 aromatic rings. The normalized spacial score (nSPS) is 10.4. The average Bonchev–Trinajstić information content (AvgIpc) is 2.53. The first-order valence-electron chi connectivity index (χ1n) is 7.73. The molecule has 0 aliphatic carbocycles. The molecule has 0 amide bonds. The molecule has 0 radical (unpaired) electrons. The summed E-state index contributed by atoms with van der Waals surface area (Å²) in [7, 11) is 0. The van der Waals surface area contributed by atoms with E-state index in [9.17, 15) is 0 Å². The Balaban J connectivity index is 2.25. The van der Waals surface area contributed by atoms with Crippen molar-refractivity contribution in [2.24, 2.45) is 0 Å². The Kier molecular flexibility index (Phi) is 5.55. The van der Waals surface area contributed by atoms with Crippen LogP contribution < -0.4 is 10.6 Å². The number of aromatic nitrogens is 2. The van der Waals surface area contributed by atoms with Crippen LogP contribution in [-0.2, 0) is 12.8 Å². The Morgan fingerprint density at radius 2 is 1.71 bits per heavy atom. The number of anilines is 3. The van der Waals surface area contributed by atoms with E-state index >= 15 is 0 Å². The summed E-state index contributed by atoms with van der Waals surface area (Å²) in [6.45, 7) is 7.30. The Morgan fingerprint density at radius 3 is 2.43 bits per heavy atom. The maximum atomic E-state index is 4.57. The third-order valence-electron chi connectivity index (χ3n) is 3.31. The van der Waals surface area contributed by atoms with Gasteiger partial charge >= 0.3 is 0 Å². The summed E-state index contributed by atoms with van der Waals surface area (Å²) in [5.41, 5.74) is 2.40. The summed E-state index contributed by atoms with van der Waals surface area (Å²) in [6, 6.07) is 10.3. The Hall–Kier alpha value is -2.10. The molecule has 21 heavy (non-hydrogen) atoms. The predicted octanol–water partition coefficient (Wildman–Crippen LogP) is 4.17. The largest absolute Gasteiger partial charge is 0.370 e. The van der Waals surface area contributed by atoms with E-state index in [1.54, 1.807) is 0 Å².